The Hall–Kier alpha value is -1.10. The SMILES string of the molecule is CC(c1cccc(O)c1)N(C)CCN1CCNCC1. The molecule has 0 saturated carbocycles. The Morgan fingerprint density at radius 2 is 2.11 bits per heavy atom. The Bertz CT molecular complexity index is 391. The molecule has 2 rings (SSSR count). The van der Waals surface area contributed by atoms with Crippen LogP contribution in [0, 0.1) is 0 Å². The molecular formula is C15H25N3O. The summed E-state index contributed by atoms with van der Waals surface area (Å²) in [6, 6.07) is 7.88. The maximum Gasteiger partial charge on any atom is 0.115 e. The van der Waals surface area contributed by atoms with E-state index < -0.39 is 0 Å². The lowest BCUT2D eigenvalue weighted by Crippen LogP contribution is -2.46. The number of aromatic hydroxyl groups is 1. The fraction of sp³-hybridized carbons (Fsp3) is 0.600. The van der Waals surface area contributed by atoms with Crippen molar-refractivity contribution in [1.29, 1.82) is 0 Å². The van der Waals surface area contributed by atoms with Crippen LogP contribution >= 0.6 is 0 Å². The highest BCUT2D eigenvalue weighted by Crippen LogP contribution is 2.21. The van der Waals surface area contributed by atoms with E-state index in [2.05, 4.69) is 35.2 Å². The molecule has 1 aromatic rings. The van der Waals surface area contributed by atoms with Crippen LogP contribution in [0.1, 0.15) is 18.5 Å². The van der Waals surface area contributed by atoms with Gasteiger partial charge in [-0.1, -0.05) is 12.1 Å². The van der Waals surface area contributed by atoms with Gasteiger partial charge in [0.1, 0.15) is 5.75 Å². The topological polar surface area (TPSA) is 38.7 Å². The summed E-state index contributed by atoms with van der Waals surface area (Å²) in [5, 5.41) is 12.9. The lowest BCUT2D eigenvalue weighted by atomic mass is 10.1. The number of phenolic OH excluding ortho intramolecular Hbond substituents is 1. The molecule has 1 saturated heterocycles. The monoisotopic (exact) mass is 263 g/mol. The number of rotatable bonds is 5. The molecule has 1 unspecified atom stereocenters. The molecule has 1 heterocycles. The van der Waals surface area contributed by atoms with E-state index >= 15 is 0 Å². The summed E-state index contributed by atoms with van der Waals surface area (Å²) in [6.07, 6.45) is 0. The summed E-state index contributed by atoms with van der Waals surface area (Å²) in [4.78, 5) is 4.85. The van der Waals surface area contributed by atoms with Gasteiger partial charge in [0.25, 0.3) is 0 Å². The van der Waals surface area contributed by atoms with Crippen LogP contribution in [-0.2, 0) is 0 Å². The summed E-state index contributed by atoms with van der Waals surface area (Å²) in [5.41, 5.74) is 1.17. The van der Waals surface area contributed by atoms with Crippen LogP contribution < -0.4 is 5.32 Å². The Balaban J connectivity index is 1.83. The van der Waals surface area contributed by atoms with Crippen molar-refractivity contribution < 1.29 is 5.11 Å². The van der Waals surface area contributed by atoms with Crippen LogP contribution in [0.3, 0.4) is 0 Å². The average molecular weight is 263 g/mol. The molecular weight excluding hydrogens is 238 g/mol. The van der Waals surface area contributed by atoms with Gasteiger partial charge in [-0.2, -0.15) is 0 Å². The summed E-state index contributed by atoms with van der Waals surface area (Å²) in [6.45, 7) is 8.85. The largest absolute Gasteiger partial charge is 0.508 e. The number of nitrogens with zero attached hydrogens (tertiary/aromatic N) is 2. The molecule has 4 heteroatoms. The molecule has 1 atom stereocenters. The van der Waals surface area contributed by atoms with Gasteiger partial charge in [0.15, 0.2) is 0 Å². The van der Waals surface area contributed by atoms with Gasteiger partial charge in [-0.3, -0.25) is 9.80 Å². The smallest absolute Gasteiger partial charge is 0.115 e. The second kappa shape index (κ2) is 6.89. The second-order valence-corrected chi connectivity index (χ2v) is 5.34. The third-order valence-corrected chi connectivity index (χ3v) is 3.99. The van der Waals surface area contributed by atoms with E-state index in [1.165, 1.54) is 5.56 Å². The maximum atomic E-state index is 9.54. The fourth-order valence-corrected chi connectivity index (χ4v) is 2.47. The minimum atomic E-state index is 0.329. The summed E-state index contributed by atoms with van der Waals surface area (Å²) >= 11 is 0. The number of phenols is 1. The van der Waals surface area contributed by atoms with Crippen molar-refractivity contribution >= 4 is 0 Å². The van der Waals surface area contributed by atoms with Gasteiger partial charge >= 0.3 is 0 Å². The summed E-state index contributed by atoms with van der Waals surface area (Å²) < 4.78 is 0. The van der Waals surface area contributed by atoms with Crippen molar-refractivity contribution in [3.05, 3.63) is 29.8 Å². The van der Waals surface area contributed by atoms with E-state index in [4.69, 9.17) is 0 Å². The van der Waals surface area contributed by atoms with Crippen LogP contribution in [-0.4, -0.2) is 61.2 Å². The zero-order valence-electron chi connectivity index (χ0n) is 12.0. The van der Waals surface area contributed by atoms with E-state index in [0.29, 0.717) is 11.8 Å². The molecule has 19 heavy (non-hydrogen) atoms. The minimum Gasteiger partial charge on any atom is -0.508 e. The van der Waals surface area contributed by atoms with Gasteiger partial charge in [0.05, 0.1) is 0 Å². The molecule has 106 valence electrons. The minimum absolute atomic E-state index is 0.329. The van der Waals surface area contributed by atoms with Crippen molar-refractivity contribution in [1.82, 2.24) is 15.1 Å². The number of nitrogens with one attached hydrogen (secondary N) is 1. The number of likely N-dealkylation sites (N-methyl/N-ethyl adjacent to an activating group) is 1. The van der Waals surface area contributed by atoms with Crippen molar-refractivity contribution in [3.8, 4) is 5.75 Å². The van der Waals surface area contributed by atoms with Gasteiger partial charge in [-0.05, 0) is 31.7 Å². The molecule has 1 aliphatic heterocycles. The first kappa shape index (κ1) is 14.3. The first-order valence-corrected chi connectivity index (χ1v) is 7.09. The lowest BCUT2D eigenvalue weighted by molar-refractivity contribution is 0.183. The van der Waals surface area contributed by atoms with E-state index in [1.807, 2.05) is 12.1 Å². The fourth-order valence-electron chi connectivity index (χ4n) is 2.47. The zero-order valence-corrected chi connectivity index (χ0v) is 12.0. The van der Waals surface area contributed by atoms with Crippen molar-refractivity contribution in [2.45, 2.75) is 13.0 Å². The second-order valence-electron chi connectivity index (χ2n) is 5.34. The van der Waals surface area contributed by atoms with Crippen molar-refractivity contribution in [2.24, 2.45) is 0 Å². The van der Waals surface area contributed by atoms with Gasteiger partial charge in [0.2, 0.25) is 0 Å². The van der Waals surface area contributed by atoms with Crippen LogP contribution in [0.25, 0.3) is 0 Å². The predicted molar refractivity (Wildman–Crippen MR) is 78.5 cm³/mol. The molecule has 0 bridgehead atoms. The molecule has 0 radical (unpaired) electrons. The number of piperazine rings is 1. The summed E-state index contributed by atoms with van der Waals surface area (Å²) in [5.74, 6) is 0.347. The molecule has 1 aliphatic rings. The average Bonchev–Trinajstić information content (AvgIpc) is 2.45. The highest BCUT2D eigenvalue weighted by molar-refractivity contribution is 5.29. The number of hydrogen-bond donors (Lipinski definition) is 2. The molecule has 0 aromatic heterocycles. The molecule has 4 nitrogen and oxygen atoms in total. The van der Waals surface area contributed by atoms with Crippen LogP contribution in [0.15, 0.2) is 24.3 Å². The predicted octanol–water partition coefficient (Wildman–Crippen LogP) is 1.29. The number of benzene rings is 1. The molecule has 0 spiro atoms. The van der Waals surface area contributed by atoms with E-state index in [1.54, 1.807) is 6.07 Å². The molecule has 0 aliphatic carbocycles. The van der Waals surface area contributed by atoms with Crippen LogP contribution in [0.5, 0.6) is 5.75 Å². The summed E-state index contributed by atoms with van der Waals surface area (Å²) in [7, 11) is 2.15. The Morgan fingerprint density at radius 1 is 1.37 bits per heavy atom. The van der Waals surface area contributed by atoms with Gasteiger partial charge in [-0.25, -0.2) is 0 Å². The third-order valence-electron chi connectivity index (χ3n) is 3.99. The van der Waals surface area contributed by atoms with Crippen molar-refractivity contribution in [2.75, 3.05) is 46.3 Å². The molecule has 0 amide bonds. The van der Waals surface area contributed by atoms with Gasteiger partial charge in [-0.15, -0.1) is 0 Å². The Kier molecular flexibility index (Phi) is 5.19. The third kappa shape index (κ3) is 4.20. The highest BCUT2D eigenvalue weighted by atomic mass is 16.3. The molecule has 1 fully saturated rings. The lowest BCUT2D eigenvalue weighted by Gasteiger charge is -2.31. The van der Waals surface area contributed by atoms with E-state index in [0.717, 1.165) is 39.3 Å². The van der Waals surface area contributed by atoms with Gasteiger partial charge < -0.3 is 10.4 Å². The highest BCUT2D eigenvalue weighted by Gasteiger charge is 2.14. The first-order valence-electron chi connectivity index (χ1n) is 7.09. The van der Waals surface area contributed by atoms with Crippen molar-refractivity contribution in [3.63, 3.8) is 0 Å². The quantitative estimate of drug-likeness (QED) is 0.840. The van der Waals surface area contributed by atoms with E-state index in [-0.39, 0.29) is 0 Å². The Labute approximate surface area is 116 Å². The van der Waals surface area contributed by atoms with Crippen LogP contribution in [0.4, 0.5) is 0 Å². The molecule has 1 aromatic carbocycles. The number of hydrogen-bond acceptors (Lipinski definition) is 4. The maximum absolute atomic E-state index is 9.54. The Morgan fingerprint density at radius 3 is 2.79 bits per heavy atom. The van der Waals surface area contributed by atoms with Crippen LogP contribution in [0.2, 0.25) is 0 Å². The zero-order chi connectivity index (χ0) is 13.7. The van der Waals surface area contributed by atoms with E-state index in [9.17, 15) is 5.11 Å². The normalized spacial score (nSPS) is 18.7. The standard InChI is InChI=1S/C15H25N3O/c1-13(14-4-3-5-15(19)12-14)17(2)10-11-18-8-6-16-7-9-18/h3-5,12-13,16,19H,6-11H2,1-2H3. The van der Waals surface area contributed by atoms with Gasteiger partial charge in [0, 0.05) is 45.3 Å². The first-order chi connectivity index (χ1) is 9.16. The molecule has 2 N–H and O–H groups in total.